The second-order valence-electron chi connectivity index (χ2n) is 3.52. The number of hydrogen-bond acceptors (Lipinski definition) is 2. The third-order valence-electron chi connectivity index (χ3n) is 2.51. The number of ketones is 1. The smallest absolute Gasteiger partial charge is 0.171 e. The van der Waals surface area contributed by atoms with Gasteiger partial charge >= 0.3 is 0 Å². The van der Waals surface area contributed by atoms with Crippen LogP contribution in [-0.2, 0) is 0 Å². The van der Waals surface area contributed by atoms with Crippen LogP contribution >= 0.6 is 23.4 Å². The Balaban J connectivity index is 2.32. The van der Waals surface area contributed by atoms with Crippen LogP contribution in [0.3, 0.4) is 0 Å². The average Bonchev–Trinajstić information content (AvgIpc) is 2.69. The molecule has 1 nitrogen and oxygen atoms in total. The zero-order valence-electron chi connectivity index (χ0n) is 8.00. The van der Waals surface area contributed by atoms with E-state index in [4.69, 9.17) is 11.6 Å². The lowest BCUT2D eigenvalue weighted by atomic mass is 9.97. The summed E-state index contributed by atoms with van der Waals surface area (Å²) < 4.78 is 13.4. The van der Waals surface area contributed by atoms with Gasteiger partial charge in [-0.05, 0) is 24.3 Å². The Morgan fingerprint density at radius 2 is 2.33 bits per heavy atom. The molecule has 1 heterocycles. The molecule has 0 N–H and O–H groups in total. The van der Waals surface area contributed by atoms with Crippen molar-refractivity contribution < 1.29 is 9.18 Å². The Bertz CT molecular complexity index is 368. The Morgan fingerprint density at radius 3 is 2.93 bits per heavy atom. The third kappa shape index (κ3) is 2.18. The SMILES string of the molecule is O=C(c1c(F)cccc1Cl)C1CCSC1. The summed E-state index contributed by atoms with van der Waals surface area (Å²) >= 11 is 7.57. The molecule has 1 saturated heterocycles. The molecule has 1 fully saturated rings. The Kier molecular flexibility index (Phi) is 3.32. The molecule has 1 unspecified atom stereocenters. The van der Waals surface area contributed by atoms with Gasteiger partial charge in [0.1, 0.15) is 5.82 Å². The quantitative estimate of drug-likeness (QED) is 0.742. The molecule has 0 amide bonds. The molecule has 2 rings (SSSR count). The van der Waals surface area contributed by atoms with E-state index in [1.54, 1.807) is 17.8 Å². The van der Waals surface area contributed by atoms with Gasteiger partial charge in [0.2, 0.25) is 0 Å². The van der Waals surface area contributed by atoms with E-state index in [0.717, 1.165) is 17.9 Å². The molecule has 0 bridgehead atoms. The van der Waals surface area contributed by atoms with E-state index in [1.165, 1.54) is 12.1 Å². The monoisotopic (exact) mass is 244 g/mol. The fraction of sp³-hybridized carbons (Fsp3) is 0.364. The fourth-order valence-electron chi connectivity index (χ4n) is 1.68. The molecule has 1 aromatic carbocycles. The lowest BCUT2D eigenvalue weighted by molar-refractivity contribution is 0.0930. The number of halogens is 2. The zero-order valence-corrected chi connectivity index (χ0v) is 9.58. The van der Waals surface area contributed by atoms with Crippen molar-refractivity contribution in [3.63, 3.8) is 0 Å². The Labute approximate surface area is 97.0 Å². The van der Waals surface area contributed by atoms with Crippen LogP contribution in [0.1, 0.15) is 16.8 Å². The summed E-state index contributed by atoms with van der Waals surface area (Å²) in [7, 11) is 0. The molecule has 4 heteroatoms. The molecule has 0 aromatic heterocycles. The summed E-state index contributed by atoms with van der Waals surface area (Å²) in [5.74, 6) is 1.03. The summed E-state index contributed by atoms with van der Waals surface area (Å²) in [5, 5.41) is 0.219. The van der Waals surface area contributed by atoms with Crippen molar-refractivity contribution in [1.29, 1.82) is 0 Å². The van der Waals surface area contributed by atoms with Gasteiger partial charge in [0, 0.05) is 11.7 Å². The van der Waals surface area contributed by atoms with Gasteiger partial charge in [-0.1, -0.05) is 17.7 Å². The summed E-state index contributed by atoms with van der Waals surface area (Å²) in [6.07, 6.45) is 0.828. The van der Waals surface area contributed by atoms with E-state index in [2.05, 4.69) is 0 Å². The maximum absolute atomic E-state index is 13.4. The molecular weight excluding hydrogens is 235 g/mol. The highest BCUT2D eigenvalue weighted by Gasteiger charge is 2.27. The predicted octanol–water partition coefficient (Wildman–Crippen LogP) is 3.41. The largest absolute Gasteiger partial charge is 0.294 e. The molecule has 0 radical (unpaired) electrons. The number of carbonyl (C=O) groups is 1. The minimum absolute atomic E-state index is 0.0617. The van der Waals surface area contributed by atoms with Gasteiger partial charge in [0.15, 0.2) is 5.78 Å². The van der Waals surface area contributed by atoms with Crippen molar-refractivity contribution in [3.05, 3.63) is 34.6 Å². The molecule has 0 saturated carbocycles. The Morgan fingerprint density at radius 1 is 1.53 bits per heavy atom. The number of Topliss-reactive ketones (excluding diaryl/α,β-unsaturated/α-hetero) is 1. The standard InChI is InChI=1S/C11H10ClFOS/c12-8-2-1-3-9(13)10(8)11(14)7-4-5-15-6-7/h1-3,7H,4-6H2. The van der Waals surface area contributed by atoms with Crippen LogP contribution in [0.4, 0.5) is 4.39 Å². The van der Waals surface area contributed by atoms with Gasteiger partial charge < -0.3 is 0 Å². The van der Waals surface area contributed by atoms with Gasteiger partial charge in [0.25, 0.3) is 0 Å². The van der Waals surface area contributed by atoms with E-state index in [0.29, 0.717) is 0 Å². The predicted molar refractivity (Wildman–Crippen MR) is 61.2 cm³/mol. The van der Waals surface area contributed by atoms with Crippen molar-refractivity contribution in [3.8, 4) is 0 Å². The van der Waals surface area contributed by atoms with Crippen LogP contribution < -0.4 is 0 Å². The zero-order chi connectivity index (χ0) is 10.8. The number of rotatable bonds is 2. The molecule has 0 aliphatic carbocycles. The van der Waals surface area contributed by atoms with Crippen LogP contribution in [0, 0.1) is 11.7 Å². The lowest BCUT2D eigenvalue weighted by Crippen LogP contribution is -2.16. The Hall–Kier alpha value is -0.540. The van der Waals surface area contributed by atoms with Crippen molar-refractivity contribution >= 4 is 29.1 Å². The van der Waals surface area contributed by atoms with Crippen molar-refractivity contribution in [2.45, 2.75) is 6.42 Å². The molecule has 1 aliphatic rings. The first kappa shape index (κ1) is 11.0. The van der Waals surface area contributed by atoms with Gasteiger partial charge in [-0.25, -0.2) is 4.39 Å². The van der Waals surface area contributed by atoms with E-state index in [-0.39, 0.29) is 22.3 Å². The molecule has 0 spiro atoms. The van der Waals surface area contributed by atoms with Crippen molar-refractivity contribution in [1.82, 2.24) is 0 Å². The van der Waals surface area contributed by atoms with Gasteiger partial charge in [-0.2, -0.15) is 11.8 Å². The normalized spacial score (nSPS) is 20.5. The first-order valence-electron chi connectivity index (χ1n) is 4.76. The van der Waals surface area contributed by atoms with E-state index >= 15 is 0 Å². The van der Waals surface area contributed by atoms with Crippen LogP contribution in [-0.4, -0.2) is 17.3 Å². The third-order valence-corrected chi connectivity index (χ3v) is 3.99. The first-order valence-corrected chi connectivity index (χ1v) is 6.29. The van der Waals surface area contributed by atoms with Gasteiger partial charge in [0.05, 0.1) is 10.6 Å². The minimum atomic E-state index is -0.510. The maximum Gasteiger partial charge on any atom is 0.171 e. The highest BCUT2D eigenvalue weighted by Crippen LogP contribution is 2.30. The minimum Gasteiger partial charge on any atom is -0.294 e. The summed E-state index contributed by atoms with van der Waals surface area (Å²) in [6.45, 7) is 0. The lowest BCUT2D eigenvalue weighted by Gasteiger charge is -2.09. The molecule has 1 aliphatic heterocycles. The van der Waals surface area contributed by atoms with Gasteiger partial charge in [-0.3, -0.25) is 4.79 Å². The average molecular weight is 245 g/mol. The molecular formula is C11H10ClFOS. The van der Waals surface area contributed by atoms with Crippen LogP contribution in [0.5, 0.6) is 0 Å². The number of carbonyl (C=O) groups excluding carboxylic acids is 1. The van der Waals surface area contributed by atoms with Gasteiger partial charge in [-0.15, -0.1) is 0 Å². The molecule has 80 valence electrons. The van der Waals surface area contributed by atoms with Crippen LogP contribution in [0.2, 0.25) is 5.02 Å². The summed E-state index contributed by atoms with van der Waals surface area (Å²) in [5.41, 5.74) is 0.0617. The molecule has 1 atom stereocenters. The molecule has 1 aromatic rings. The second kappa shape index (κ2) is 4.54. The number of benzene rings is 1. The van der Waals surface area contributed by atoms with Crippen LogP contribution in [0.15, 0.2) is 18.2 Å². The second-order valence-corrected chi connectivity index (χ2v) is 5.08. The maximum atomic E-state index is 13.4. The highest BCUT2D eigenvalue weighted by molar-refractivity contribution is 7.99. The number of thioether (sulfide) groups is 1. The molecule has 15 heavy (non-hydrogen) atoms. The van der Waals surface area contributed by atoms with Crippen molar-refractivity contribution in [2.75, 3.05) is 11.5 Å². The summed E-state index contributed by atoms with van der Waals surface area (Å²) in [4.78, 5) is 12.0. The van der Waals surface area contributed by atoms with E-state index in [9.17, 15) is 9.18 Å². The first-order chi connectivity index (χ1) is 7.20. The fourth-order valence-corrected chi connectivity index (χ4v) is 3.16. The van der Waals surface area contributed by atoms with E-state index in [1.807, 2.05) is 0 Å². The van der Waals surface area contributed by atoms with Crippen molar-refractivity contribution in [2.24, 2.45) is 5.92 Å². The number of hydrogen-bond donors (Lipinski definition) is 0. The summed E-state index contributed by atoms with van der Waals surface area (Å²) in [6, 6.07) is 4.35. The highest BCUT2D eigenvalue weighted by atomic mass is 35.5. The topological polar surface area (TPSA) is 17.1 Å². The van der Waals surface area contributed by atoms with Crippen LogP contribution in [0.25, 0.3) is 0 Å². The van der Waals surface area contributed by atoms with E-state index < -0.39 is 5.82 Å².